The van der Waals surface area contributed by atoms with E-state index in [-0.39, 0.29) is 25.6 Å². The summed E-state index contributed by atoms with van der Waals surface area (Å²) < 4.78 is 33.4. The summed E-state index contributed by atoms with van der Waals surface area (Å²) in [5.74, 6) is -0.789. The zero-order valence-corrected chi connectivity index (χ0v) is 34.7. The van der Waals surface area contributed by atoms with Crippen LogP contribution in [0.4, 0.5) is 0 Å². The van der Waals surface area contributed by atoms with E-state index in [1.165, 1.54) is 141 Å². The number of unbranched alkanes of at least 4 members (excludes halogenated alkanes) is 26. The van der Waals surface area contributed by atoms with Gasteiger partial charge in [-0.25, -0.2) is 4.57 Å². The molecule has 0 aliphatic rings. The highest BCUT2D eigenvalue weighted by Crippen LogP contribution is 2.43. The molecule has 0 saturated carbocycles. The van der Waals surface area contributed by atoms with E-state index >= 15 is 0 Å². The van der Waals surface area contributed by atoms with E-state index in [4.69, 9.17) is 18.5 Å². The second-order valence-electron chi connectivity index (χ2n) is 14.9. The van der Waals surface area contributed by atoms with Crippen LogP contribution in [0.1, 0.15) is 206 Å². The van der Waals surface area contributed by atoms with E-state index in [2.05, 4.69) is 13.8 Å². The number of ether oxygens (including phenoxy) is 2. The molecule has 0 spiro atoms. The molecule has 0 aromatic heterocycles. The summed E-state index contributed by atoms with van der Waals surface area (Å²) >= 11 is 0. The first-order valence-electron chi connectivity index (χ1n) is 21.3. The summed E-state index contributed by atoms with van der Waals surface area (Å²) in [6.07, 6.45) is 34.2. The largest absolute Gasteiger partial charge is 0.472 e. The van der Waals surface area contributed by atoms with E-state index in [1.54, 1.807) is 0 Å². The van der Waals surface area contributed by atoms with Gasteiger partial charge in [-0.2, -0.15) is 0 Å². The van der Waals surface area contributed by atoms with Gasteiger partial charge in [0.15, 0.2) is 6.10 Å². The van der Waals surface area contributed by atoms with Gasteiger partial charge in [0.05, 0.1) is 13.2 Å². The van der Waals surface area contributed by atoms with Crippen molar-refractivity contribution in [1.82, 2.24) is 4.90 Å². The first-order valence-corrected chi connectivity index (χ1v) is 22.8. The highest BCUT2D eigenvalue weighted by Gasteiger charge is 2.26. The number of phosphoric acid groups is 1. The number of carbonyl (C=O) groups is 2. The Morgan fingerprint density at radius 1 is 0.529 bits per heavy atom. The number of hydrogen-bond donors (Lipinski definition) is 1. The average molecular weight is 748 g/mol. The molecule has 0 aliphatic carbocycles. The molecule has 2 unspecified atom stereocenters. The second kappa shape index (κ2) is 37.3. The number of nitrogens with zero attached hydrogens (tertiary/aromatic N) is 1. The Bertz CT molecular complexity index is 827. The van der Waals surface area contributed by atoms with E-state index in [0.29, 0.717) is 13.0 Å². The Balaban J connectivity index is 4.26. The summed E-state index contributed by atoms with van der Waals surface area (Å²) in [6, 6.07) is 0. The molecule has 9 nitrogen and oxygen atoms in total. The average Bonchev–Trinajstić information content (AvgIpc) is 3.09. The lowest BCUT2D eigenvalue weighted by Crippen LogP contribution is -2.29. The standard InChI is InChI=1S/C41H82NO8P/c1-5-7-9-11-13-15-17-19-20-22-24-26-28-30-32-34-41(44)50-39(38-49-51(45,46)48-36-35-42(3)4)37-47-40(43)33-31-29-27-25-23-21-18-16-14-12-10-8-6-2/h39H,5-38H2,1-4H3,(H,45,46). The maximum Gasteiger partial charge on any atom is 0.472 e. The minimum absolute atomic E-state index is 0.0124. The number of hydrogen-bond acceptors (Lipinski definition) is 8. The number of carbonyl (C=O) groups excluding carboxylic acids is 2. The van der Waals surface area contributed by atoms with Gasteiger partial charge in [-0.1, -0.05) is 181 Å². The molecular formula is C41H82NO8P. The Labute approximate surface area is 314 Å². The lowest BCUT2D eigenvalue weighted by molar-refractivity contribution is -0.161. The fourth-order valence-electron chi connectivity index (χ4n) is 6.10. The van der Waals surface area contributed by atoms with Crippen LogP contribution in [-0.4, -0.2) is 68.3 Å². The fraction of sp³-hybridized carbons (Fsp3) is 0.951. The smallest absolute Gasteiger partial charge is 0.462 e. The zero-order chi connectivity index (χ0) is 37.7. The van der Waals surface area contributed by atoms with Crippen LogP contribution in [0.5, 0.6) is 0 Å². The van der Waals surface area contributed by atoms with Gasteiger partial charge >= 0.3 is 19.8 Å². The molecule has 0 saturated heterocycles. The molecule has 0 radical (unpaired) electrons. The minimum Gasteiger partial charge on any atom is -0.462 e. The number of esters is 2. The van der Waals surface area contributed by atoms with Gasteiger partial charge in [0.2, 0.25) is 0 Å². The summed E-state index contributed by atoms with van der Waals surface area (Å²) in [7, 11) is -0.697. The first-order chi connectivity index (χ1) is 24.7. The first kappa shape index (κ1) is 50.0. The lowest BCUT2D eigenvalue weighted by atomic mass is 10.0. The third kappa shape index (κ3) is 38.5. The highest BCUT2D eigenvalue weighted by molar-refractivity contribution is 7.47. The third-order valence-corrected chi connectivity index (χ3v) is 10.4. The van der Waals surface area contributed by atoms with Gasteiger partial charge in [-0.15, -0.1) is 0 Å². The molecule has 0 aromatic rings. The Hall–Kier alpha value is -0.990. The maximum absolute atomic E-state index is 12.6. The van der Waals surface area contributed by atoms with Gasteiger partial charge in [-0.3, -0.25) is 18.6 Å². The van der Waals surface area contributed by atoms with E-state index < -0.39 is 26.5 Å². The van der Waals surface area contributed by atoms with Crippen molar-refractivity contribution in [3.63, 3.8) is 0 Å². The molecule has 10 heteroatoms. The molecule has 0 aromatic carbocycles. The van der Waals surface area contributed by atoms with Crippen molar-refractivity contribution >= 4 is 19.8 Å². The van der Waals surface area contributed by atoms with Crippen molar-refractivity contribution in [2.24, 2.45) is 0 Å². The van der Waals surface area contributed by atoms with Crippen LogP contribution >= 0.6 is 7.82 Å². The summed E-state index contributed by atoms with van der Waals surface area (Å²) in [5, 5.41) is 0. The Morgan fingerprint density at radius 3 is 1.25 bits per heavy atom. The number of phosphoric ester groups is 1. The Kier molecular flexibility index (Phi) is 36.6. The fourth-order valence-corrected chi connectivity index (χ4v) is 6.84. The third-order valence-electron chi connectivity index (χ3n) is 9.41. The SMILES string of the molecule is CCCCCCCCCCCCCCCCCC(=O)OC(COC(=O)CCCCCCCCCCCCCCC)COP(=O)(O)OCCN(C)C. The van der Waals surface area contributed by atoms with Crippen LogP contribution in [-0.2, 0) is 32.7 Å². The molecule has 0 heterocycles. The van der Waals surface area contributed by atoms with E-state index in [9.17, 15) is 19.0 Å². The van der Waals surface area contributed by atoms with Gasteiger partial charge in [0.1, 0.15) is 6.61 Å². The number of likely N-dealkylation sites (N-methyl/N-ethyl adjacent to an activating group) is 1. The van der Waals surface area contributed by atoms with Crippen molar-refractivity contribution in [1.29, 1.82) is 0 Å². The van der Waals surface area contributed by atoms with Gasteiger partial charge in [0.25, 0.3) is 0 Å². The van der Waals surface area contributed by atoms with Crippen LogP contribution in [0.15, 0.2) is 0 Å². The van der Waals surface area contributed by atoms with Crippen molar-refractivity contribution in [3.8, 4) is 0 Å². The normalized spacial score (nSPS) is 13.4. The molecule has 0 bridgehead atoms. The van der Waals surface area contributed by atoms with Crippen molar-refractivity contribution in [2.45, 2.75) is 213 Å². The van der Waals surface area contributed by atoms with Crippen LogP contribution in [0.3, 0.4) is 0 Å². The van der Waals surface area contributed by atoms with E-state index in [1.807, 2.05) is 19.0 Å². The highest BCUT2D eigenvalue weighted by atomic mass is 31.2. The zero-order valence-electron chi connectivity index (χ0n) is 33.8. The molecule has 2 atom stereocenters. The van der Waals surface area contributed by atoms with Crippen LogP contribution in [0.25, 0.3) is 0 Å². The molecule has 0 rings (SSSR count). The predicted molar refractivity (Wildman–Crippen MR) is 211 cm³/mol. The van der Waals surface area contributed by atoms with Crippen LogP contribution in [0.2, 0.25) is 0 Å². The monoisotopic (exact) mass is 748 g/mol. The number of rotatable bonds is 40. The van der Waals surface area contributed by atoms with Crippen LogP contribution in [0, 0.1) is 0 Å². The summed E-state index contributed by atoms with van der Waals surface area (Å²) in [5.41, 5.74) is 0. The molecule has 304 valence electrons. The van der Waals surface area contributed by atoms with Gasteiger partial charge < -0.3 is 19.3 Å². The van der Waals surface area contributed by atoms with Crippen molar-refractivity contribution in [3.05, 3.63) is 0 Å². The molecule has 51 heavy (non-hydrogen) atoms. The van der Waals surface area contributed by atoms with E-state index in [0.717, 1.165) is 38.5 Å². The van der Waals surface area contributed by atoms with Gasteiger partial charge in [-0.05, 0) is 26.9 Å². The Morgan fingerprint density at radius 2 is 0.882 bits per heavy atom. The minimum atomic E-state index is -4.35. The molecular weight excluding hydrogens is 665 g/mol. The maximum atomic E-state index is 12.6. The summed E-state index contributed by atoms with van der Waals surface area (Å²) in [6.45, 7) is 4.35. The van der Waals surface area contributed by atoms with Crippen molar-refractivity contribution < 1.29 is 37.6 Å². The lowest BCUT2D eigenvalue weighted by Gasteiger charge is -2.20. The quantitative estimate of drug-likeness (QED) is 0.0372. The summed E-state index contributed by atoms with van der Waals surface area (Å²) in [4.78, 5) is 36.9. The van der Waals surface area contributed by atoms with Crippen molar-refractivity contribution in [2.75, 3.05) is 40.5 Å². The van der Waals surface area contributed by atoms with Crippen LogP contribution < -0.4 is 0 Å². The predicted octanol–water partition coefficient (Wildman–Crippen LogP) is 11.9. The molecule has 1 N–H and O–H groups in total. The molecule has 0 aliphatic heterocycles. The molecule has 0 fully saturated rings. The molecule has 0 amide bonds. The topological polar surface area (TPSA) is 112 Å². The second-order valence-corrected chi connectivity index (χ2v) is 16.3. The van der Waals surface area contributed by atoms with Gasteiger partial charge in [0, 0.05) is 19.4 Å².